The third-order valence-corrected chi connectivity index (χ3v) is 3.97. The number of likely N-dealkylation sites (tertiary alicyclic amines) is 1. The summed E-state index contributed by atoms with van der Waals surface area (Å²) in [5, 5.41) is 3.25. The second-order valence-electron chi connectivity index (χ2n) is 4.63. The zero-order valence-electron chi connectivity index (χ0n) is 11.2. The number of amides is 1. The van der Waals surface area contributed by atoms with Gasteiger partial charge in [-0.25, -0.2) is 0 Å². The zero-order valence-corrected chi connectivity index (χ0v) is 12.0. The molecule has 17 heavy (non-hydrogen) atoms. The van der Waals surface area contributed by atoms with Crippen LogP contribution in [-0.2, 0) is 4.79 Å². The summed E-state index contributed by atoms with van der Waals surface area (Å²) in [6, 6.07) is 0.0940. The molecule has 0 saturated carbocycles. The third-order valence-electron chi connectivity index (χ3n) is 3.27. The standard InChI is InChI=1S/C13H26N2OS/c1-3-14-12-8-10-15(13(12)16)9-6-4-5-7-11-17-2/h12,14H,3-11H2,1-2H3. The van der Waals surface area contributed by atoms with Crippen LogP contribution >= 0.6 is 11.8 Å². The van der Waals surface area contributed by atoms with Crippen LogP contribution < -0.4 is 5.32 Å². The van der Waals surface area contributed by atoms with Crippen LogP contribution in [0.1, 0.15) is 39.0 Å². The number of unbranched alkanes of at least 4 members (excludes halogenated alkanes) is 3. The van der Waals surface area contributed by atoms with Crippen molar-refractivity contribution in [3.8, 4) is 0 Å². The quantitative estimate of drug-likeness (QED) is 0.643. The smallest absolute Gasteiger partial charge is 0.239 e. The van der Waals surface area contributed by atoms with Gasteiger partial charge in [-0.3, -0.25) is 4.79 Å². The molecular formula is C13H26N2OS. The van der Waals surface area contributed by atoms with E-state index in [0.29, 0.717) is 5.91 Å². The lowest BCUT2D eigenvalue weighted by Gasteiger charge is -2.16. The molecule has 0 aromatic carbocycles. The summed E-state index contributed by atoms with van der Waals surface area (Å²) in [4.78, 5) is 14.0. The highest BCUT2D eigenvalue weighted by molar-refractivity contribution is 7.98. The first-order valence-corrected chi connectivity index (χ1v) is 8.20. The van der Waals surface area contributed by atoms with E-state index in [1.165, 1.54) is 31.4 Å². The summed E-state index contributed by atoms with van der Waals surface area (Å²) >= 11 is 1.92. The molecule has 1 fully saturated rings. The van der Waals surface area contributed by atoms with Gasteiger partial charge in [0.2, 0.25) is 5.91 Å². The van der Waals surface area contributed by atoms with Crippen LogP contribution in [0.25, 0.3) is 0 Å². The Morgan fingerprint density at radius 2 is 2.12 bits per heavy atom. The third kappa shape index (κ3) is 5.30. The summed E-state index contributed by atoms with van der Waals surface area (Å²) in [6.45, 7) is 4.85. The molecule has 0 spiro atoms. The summed E-state index contributed by atoms with van der Waals surface area (Å²) in [7, 11) is 0. The van der Waals surface area contributed by atoms with Crippen molar-refractivity contribution in [1.29, 1.82) is 0 Å². The van der Waals surface area contributed by atoms with E-state index in [4.69, 9.17) is 0 Å². The minimum absolute atomic E-state index is 0.0940. The molecule has 1 atom stereocenters. The van der Waals surface area contributed by atoms with Gasteiger partial charge in [0, 0.05) is 13.1 Å². The van der Waals surface area contributed by atoms with E-state index in [1.807, 2.05) is 16.7 Å². The molecule has 0 radical (unpaired) electrons. The molecule has 0 bridgehead atoms. The second kappa shape index (κ2) is 8.81. The van der Waals surface area contributed by atoms with E-state index in [1.54, 1.807) is 0 Å². The van der Waals surface area contributed by atoms with E-state index in [2.05, 4.69) is 18.5 Å². The van der Waals surface area contributed by atoms with E-state index in [-0.39, 0.29) is 6.04 Å². The maximum Gasteiger partial charge on any atom is 0.239 e. The van der Waals surface area contributed by atoms with Crippen molar-refractivity contribution >= 4 is 17.7 Å². The van der Waals surface area contributed by atoms with Crippen molar-refractivity contribution in [3.63, 3.8) is 0 Å². The minimum atomic E-state index is 0.0940. The Labute approximate surface area is 110 Å². The molecule has 1 heterocycles. The van der Waals surface area contributed by atoms with Crippen molar-refractivity contribution in [3.05, 3.63) is 0 Å². The molecule has 0 aromatic heterocycles. The molecule has 3 nitrogen and oxygen atoms in total. The number of carbonyl (C=O) groups is 1. The second-order valence-corrected chi connectivity index (χ2v) is 5.62. The summed E-state index contributed by atoms with van der Waals surface area (Å²) in [6.07, 6.45) is 8.19. The largest absolute Gasteiger partial charge is 0.341 e. The maximum absolute atomic E-state index is 11.9. The Morgan fingerprint density at radius 3 is 2.82 bits per heavy atom. The summed E-state index contributed by atoms with van der Waals surface area (Å²) < 4.78 is 0. The van der Waals surface area contributed by atoms with Crippen LogP contribution in [0.2, 0.25) is 0 Å². The topological polar surface area (TPSA) is 32.3 Å². The molecule has 1 amide bonds. The van der Waals surface area contributed by atoms with Crippen molar-refractivity contribution in [2.45, 2.75) is 45.1 Å². The number of nitrogens with zero attached hydrogens (tertiary/aromatic N) is 1. The Balaban J connectivity index is 2.06. The van der Waals surface area contributed by atoms with Gasteiger partial charge in [-0.05, 0) is 37.8 Å². The summed E-state index contributed by atoms with van der Waals surface area (Å²) in [5.41, 5.74) is 0. The fraction of sp³-hybridized carbons (Fsp3) is 0.923. The highest BCUT2D eigenvalue weighted by Crippen LogP contribution is 2.13. The SMILES string of the molecule is CCNC1CCN(CCCCCCSC)C1=O. The van der Waals surface area contributed by atoms with Crippen LogP contribution in [0.15, 0.2) is 0 Å². The molecule has 0 aliphatic carbocycles. The lowest BCUT2D eigenvalue weighted by Crippen LogP contribution is -2.38. The van der Waals surface area contributed by atoms with Gasteiger partial charge in [0.1, 0.15) is 0 Å². The molecule has 1 aliphatic rings. The molecule has 1 rings (SSSR count). The molecule has 1 N–H and O–H groups in total. The number of thioether (sulfide) groups is 1. The zero-order chi connectivity index (χ0) is 12.5. The Bertz CT molecular complexity index is 223. The van der Waals surface area contributed by atoms with E-state index in [0.717, 1.165) is 26.1 Å². The van der Waals surface area contributed by atoms with Gasteiger partial charge in [0.25, 0.3) is 0 Å². The van der Waals surface area contributed by atoms with Crippen molar-refractivity contribution in [2.75, 3.05) is 31.6 Å². The monoisotopic (exact) mass is 258 g/mol. The van der Waals surface area contributed by atoms with Gasteiger partial charge in [0.05, 0.1) is 6.04 Å². The first-order chi connectivity index (χ1) is 8.29. The summed E-state index contributed by atoms with van der Waals surface area (Å²) in [5.74, 6) is 1.58. The lowest BCUT2D eigenvalue weighted by atomic mass is 10.2. The molecule has 1 saturated heterocycles. The van der Waals surface area contributed by atoms with E-state index in [9.17, 15) is 4.79 Å². The van der Waals surface area contributed by atoms with Crippen LogP contribution in [0, 0.1) is 0 Å². The van der Waals surface area contributed by atoms with Crippen molar-refractivity contribution in [2.24, 2.45) is 0 Å². The van der Waals surface area contributed by atoms with Crippen LogP contribution in [0.4, 0.5) is 0 Å². The van der Waals surface area contributed by atoms with Gasteiger partial charge in [-0.2, -0.15) is 11.8 Å². The Morgan fingerprint density at radius 1 is 1.35 bits per heavy atom. The van der Waals surface area contributed by atoms with Crippen molar-refractivity contribution < 1.29 is 4.79 Å². The fourth-order valence-corrected chi connectivity index (χ4v) is 2.79. The van der Waals surface area contributed by atoms with Gasteiger partial charge in [0.15, 0.2) is 0 Å². The predicted molar refractivity (Wildman–Crippen MR) is 75.5 cm³/mol. The van der Waals surface area contributed by atoms with Crippen molar-refractivity contribution in [1.82, 2.24) is 10.2 Å². The van der Waals surface area contributed by atoms with Gasteiger partial charge >= 0.3 is 0 Å². The van der Waals surface area contributed by atoms with Crippen LogP contribution in [0.3, 0.4) is 0 Å². The molecule has 0 aromatic rings. The average molecular weight is 258 g/mol. The molecule has 100 valence electrons. The minimum Gasteiger partial charge on any atom is -0.341 e. The van der Waals surface area contributed by atoms with E-state index >= 15 is 0 Å². The number of hydrogen-bond acceptors (Lipinski definition) is 3. The van der Waals surface area contributed by atoms with Crippen LogP contribution in [0.5, 0.6) is 0 Å². The van der Waals surface area contributed by atoms with Gasteiger partial charge < -0.3 is 10.2 Å². The molecule has 4 heteroatoms. The highest BCUT2D eigenvalue weighted by Gasteiger charge is 2.29. The Kier molecular flexibility index (Phi) is 7.69. The van der Waals surface area contributed by atoms with Gasteiger partial charge in [-0.1, -0.05) is 19.8 Å². The molecule has 1 aliphatic heterocycles. The van der Waals surface area contributed by atoms with E-state index < -0.39 is 0 Å². The fourth-order valence-electron chi connectivity index (χ4n) is 2.30. The molecular weight excluding hydrogens is 232 g/mol. The maximum atomic E-state index is 11.9. The lowest BCUT2D eigenvalue weighted by molar-refractivity contribution is -0.129. The van der Waals surface area contributed by atoms with Gasteiger partial charge in [-0.15, -0.1) is 0 Å². The first-order valence-electron chi connectivity index (χ1n) is 6.80. The number of carbonyl (C=O) groups excluding carboxylic acids is 1. The normalized spacial score (nSPS) is 20.2. The Hall–Kier alpha value is -0.220. The average Bonchev–Trinajstić information content (AvgIpc) is 2.67. The first kappa shape index (κ1) is 14.8. The number of rotatable bonds is 9. The predicted octanol–water partition coefficient (Wildman–Crippen LogP) is 2.12. The highest BCUT2D eigenvalue weighted by atomic mass is 32.2. The van der Waals surface area contributed by atoms with Crippen LogP contribution in [-0.4, -0.2) is 48.5 Å². The molecule has 1 unspecified atom stereocenters. The number of hydrogen-bond donors (Lipinski definition) is 1. The number of nitrogens with one attached hydrogen (secondary N) is 1. The number of likely N-dealkylation sites (N-methyl/N-ethyl adjacent to an activating group) is 1.